The highest BCUT2D eigenvalue weighted by Crippen LogP contribution is 2.08. The molecule has 0 amide bonds. The van der Waals surface area contributed by atoms with Gasteiger partial charge in [-0.05, 0) is 6.42 Å². The highest BCUT2D eigenvalue weighted by atomic mass is 19.1. The summed E-state index contributed by atoms with van der Waals surface area (Å²) in [5.74, 6) is 0. The van der Waals surface area contributed by atoms with Gasteiger partial charge in [0.05, 0.1) is 6.61 Å². The lowest BCUT2D eigenvalue weighted by Crippen LogP contribution is -2.24. The zero-order chi connectivity index (χ0) is 5.98. The van der Waals surface area contributed by atoms with Crippen LogP contribution in [0.5, 0.6) is 0 Å². The van der Waals surface area contributed by atoms with Gasteiger partial charge in [-0.15, -0.1) is 0 Å². The highest BCUT2D eigenvalue weighted by Gasteiger charge is 2.21. The number of aliphatic hydroxyl groups is 1. The van der Waals surface area contributed by atoms with E-state index in [1.807, 2.05) is 0 Å². The Kier molecular flexibility index (Phi) is 1.81. The molecular weight excluding hydrogens is 109 g/mol. The van der Waals surface area contributed by atoms with Crippen molar-refractivity contribution in [1.82, 2.24) is 5.32 Å². The van der Waals surface area contributed by atoms with Crippen LogP contribution in [0, 0.1) is 0 Å². The van der Waals surface area contributed by atoms with Gasteiger partial charge in [0.2, 0.25) is 0 Å². The van der Waals surface area contributed by atoms with Gasteiger partial charge in [0.25, 0.3) is 0 Å². The quantitative estimate of drug-likeness (QED) is 0.495. The van der Waals surface area contributed by atoms with Crippen LogP contribution in [-0.2, 0) is 0 Å². The molecular formula is C5H10FNO. The van der Waals surface area contributed by atoms with E-state index >= 15 is 0 Å². The van der Waals surface area contributed by atoms with Crippen LogP contribution in [-0.4, -0.2) is 30.5 Å². The minimum Gasteiger partial charge on any atom is -0.395 e. The summed E-state index contributed by atoms with van der Waals surface area (Å²) < 4.78 is 12.2. The second-order valence-corrected chi connectivity index (χ2v) is 2.12. The number of aliphatic hydroxyl groups excluding tert-OH is 1. The summed E-state index contributed by atoms with van der Waals surface area (Å²) in [6, 6.07) is 0.00463. The van der Waals surface area contributed by atoms with Gasteiger partial charge in [0.15, 0.2) is 0 Å². The van der Waals surface area contributed by atoms with E-state index in [2.05, 4.69) is 5.32 Å². The molecule has 0 bridgehead atoms. The van der Waals surface area contributed by atoms with E-state index < -0.39 is 6.17 Å². The molecule has 0 spiro atoms. The minimum atomic E-state index is -0.743. The Morgan fingerprint density at radius 2 is 2.50 bits per heavy atom. The molecule has 0 saturated carbocycles. The van der Waals surface area contributed by atoms with Gasteiger partial charge in [-0.2, -0.15) is 0 Å². The van der Waals surface area contributed by atoms with E-state index in [9.17, 15) is 4.39 Å². The molecule has 1 heterocycles. The molecule has 1 aliphatic rings. The first kappa shape index (κ1) is 5.98. The van der Waals surface area contributed by atoms with Crippen molar-refractivity contribution < 1.29 is 9.50 Å². The summed E-state index contributed by atoms with van der Waals surface area (Å²) in [7, 11) is 0. The van der Waals surface area contributed by atoms with E-state index in [1.54, 1.807) is 0 Å². The lowest BCUT2D eigenvalue weighted by molar-refractivity contribution is 0.248. The van der Waals surface area contributed by atoms with E-state index in [1.165, 1.54) is 0 Å². The second kappa shape index (κ2) is 2.42. The lowest BCUT2D eigenvalue weighted by Gasteiger charge is -2.01. The van der Waals surface area contributed by atoms with Gasteiger partial charge in [0, 0.05) is 12.6 Å². The van der Waals surface area contributed by atoms with Gasteiger partial charge in [-0.25, -0.2) is 4.39 Å². The van der Waals surface area contributed by atoms with Crippen molar-refractivity contribution in [2.45, 2.75) is 18.6 Å². The topological polar surface area (TPSA) is 32.3 Å². The number of halogens is 1. The van der Waals surface area contributed by atoms with E-state index in [-0.39, 0.29) is 12.6 Å². The maximum atomic E-state index is 12.2. The van der Waals surface area contributed by atoms with Gasteiger partial charge in [0.1, 0.15) is 6.17 Å². The van der Waals surface area contributed by atoms with Crippen molar-refractivity contribution in [1.29, 1.82) is 0 Å². The normalized spacial score (nSPS) is 38.2. The fourth-order valence-corrected chi connectivity index (χ4v) is 0.909. The molecule has 1 saturated heterocycles. The van der Waals surface area contributed by atoms with Crippen LogP contribution in [0.25, 0.3) is 0 Å². The first-order chi connectivity index (χ1) is 3.83. The second-order valence-electron chi connectivity index (χ2n) is 2.12. The molecule has 8 heavy (non-hydrogen) atoms. The third kappa shape index (κ3) is 1.17. The Morgan fingerprint density at radius 1 is 1.75 bits per heavy atom. The zero-order valence-electron chi connectivity index (χ0n) is 4.60. The molecule has 1 aliphatic heterocycles. The first-order valence-corrected chi connectivity index (χ1v) is 2.81. The standard InChI is InChI=1S/C5H10FNO/c6-4-1-5(3-8)7-2-4/h4-5,7-8H,1-3H2/t4?,5-/m0/s1. The maximum Gasteiger partial charge on any atom is 0.114 e. The predicted octanol–water partition coefficient (Wildman–Crippen LogP) is -0.321. The average Bonchev–Trinajstić information content (AvgIpc) is 2.14. The summed E-state index contributed by atoms with van der Waals surface area (Å²) in [6.07, 6.45) is -0.275. The Hall–Kier alpha value is -0.150. The molecule has 0 aromatic heterocycles. The summed E-state index contributed by atoms with van der Waals surface area (Å²) in [4.78, 5) is 0. The maximum absolute atomic E-state index is 12.2. The number of nitrogens with one attached hydrogen (secondary N) is 1. The van der Waals surface area contributed by atoms with Crippen LogP contribution in [0.3, 0.4) is 0 Å². The van der Waals surface area contributed by atoms with Gasteiger partial charge >= 0.3 is 0 Å². The molecule has 0 aromatic carbocycles. The van der Waals surface area contributed by atoms with Gasteiger partial charge in [-0.1, -0.05) is 0 Å². The SMILES string of the molecule is OC[C@@H]1CC(F)CN1. The fraction of sp³-hybridized carbons (Fsp3) is 1.00. The Labute approximate surface area is 47.7 Å². The number of alkyl halides is 1. The Balaban J connectivity index is 2.22. The number of hydrogen-bond acceptors (Lipinski definition) is 2. The summed E-state index contributed by atoms with van der Waals surface area (Å²) >= 11 is 0. The van der Waals surface area contributed by atoms with E-state index in [4.69, 9.17) is 5.11 Å². The number of rotatable bonds is 1. The third-order valence-electron chi connectivity index (χ3n) is 1.39. The summed E-state index contributed by atoms with van der Waals surface area (Å²) in [5, 5.41) is 11.3. The minimum absolute atomic E-state index is 0.00463. The molecule has 0 radical (unpaired) electrons. The lowest BCUT2D eigenvalue weighted by atomic mass is 10.2. The molecule has 48 valence electrons. The molecule has 0 aliphatic carbocycles. The average molecular weight is 119 g/mol. The Bertz CT molecular complexity index is 78.8. The van der Waals surface area contributed by atoms with Crippen molar-refractivity contribution in [3.63, 3.8) is 0 Å². The van der Waals surface area contributed by atoms with E-state index in [0.717, 1.165) is 0 Å². The van der Waals surface area contributed by atoms with Crippen molar-refractivity contribution in [3.8, 4) is 0 Å². The summed E-state index contributed by atoms with van der Waals surface area (Å²) in [5.41, 5.74) is 0. The fourth-order valence-electron chi connectivity index (χ4n) is 0.909. The number of hydrogen-bond donors (Lipinski definition) is 2. The van der Waals surface area contributed by atoms with E-state index in [0.29, 0.717) is 13.0 Å². The third-order valence-corrected chi connectivity index (χ3v) is 1.39. The molecule has 1 rings (SSSR count). The van der Waals surface area contributed by atoms with Gasteiger partial charge < -0.3 is 10.4 Å². The summed E-state index contributed by atoms with van der Waals surface area (Å²) in [6.45, 7) is 0.464. The van der Waals surface area contributed by atoms with Crippen molar-refractivity contribution in [2.24, 2.45) is 0 Å². The van der Waals surface area contributed by atoms with Crippen LogP contribution in [0.4, 0.5) is 4.39 Å². The smallest absolute Gasteiger partial charge is 0.114 e. The first-order valence-electron chi connectivity index (χ1n) is 2.81. The van der Waals surface area contributed by atoms with Gasteiger partial charge in [-0.3, -0.25) is 0 Å². The molecule has 2 nitrogen and oxygen atoms in total. The van der Waals surface area contributed by atoms with Crippen molar-refractivity contribution in [2.75, 3.05) is 13.2 Å². The van der Waals surface area contributed by atoms with Crippen LogP contribution in [0.2, 0.25) is 0 Å². The zero-order valence-corrected chi connectivity index (χ0v) is 4.60. The molecule has 1 unspecified atom stereocenters. The molecule has 3 heteroatoms. The predicted molar refractivity (Wildman–Crippen MR) is 28.4 cm³/mol. The molecule has 2 atom stereocenters. The monoisotopic (exact) mass is 119 g/mol. The molecule has 0 aromatic rings. The van der Waals surface area contributed by atoms with Crippen LogP contribution >= 0.6 is 0 Å². The highest BCUT2D eigenvalue weighted by molar-refractivity contribution is 4.80. The van der Waals surface area contributed by atoms with Crippen LogP contribution in [0.1, 0.15) is 6.42 Å². The van der Waals surface area contributed by atoms with Crippen LogP contribution < -0.4 is 5.32 Å². The van der Waals surface area contributed by atoms with Crippen molar-refractivity contribution >= 4 is 0 Å². The largest absolute Gasteiger partial charge is 0.395 e. The Morgan fingerprint density at radius 3 is 2.75 bits per heavy atom. The van der Waals surface area contributed by atoms with Crippen LogP contribution in [0.15, 0.2) is 0 Å². The molecule has 1 fully saturated rings. The van der Waals surface area contributed by atoms with Crippen molar-refractivity contribution in [3.05, 3.63) is 0 Å². The molecule has 2 N–H and O–H groups in total.